The fourth-order valence-electron chi connectivity index (χ4n) is 8.43. The van der Waals surface area contributed by atoms with Crippen LogP contribution in [-0.2, 0) is 28.6 Å². The molecule has 0 saturated heterocycles. The number of hydrogen-bond donors (Lipinski definition) is 0. The first kappa shape index (κ1) is 63.6. The first-order chi connectivity index (χ1) is 32.5. The van der Waals surface area contributed by atoms with Crippen LogP contribution in [0.2, 0.25) is 0 Å². The van der Waals surface area contributed by atoms with Crippen LogP contribution in [0.5, 0.6) is 0 Å². The van der Waals surface area contributed by atoms with E-state index in [4.69, 9.17) is 14.2 Å². The van der Waals surface area contributed by atoms with Gasteiger partial charge in [0, 0.05) is 19.3 Å². The summed E-state index contributed by atoms with van der Waals surface area (Å²) >= 11 is 0. The molecule has 0 aliphatic heterocycles. The van der Waals surface area contributed by atoms with E-state index < -0.39 is 6.10 Å². The molecule has 0 N–H and O–H groups in total. The van der Waals surface area contributed by atoms with E-state index in [0.717, 1.165) is 64.2 Å². The molecule has 0 aliphatic rings. The van der Waals surface area contributed by atoms with Crippen LogP contribution in [0.1, 0.15) is 310 Å². The third-order valence-corrected chi connectivity index (χ3v) is 12.8. The predicted molar refractivity (Wildman–Crippen MR) is 284 cm³/mol. The summed E-state index contributed by atoms with van der Waals surface area (Å²) in [6.07, 6.45) is 65.6. The van der Waals surface area contributed by atoms with Gasteiger partial charge in [0.2, 0.25) is 0 Å². The summed E-state index contributed by atoms with van der Waals surface area (Å²) in [4.78, 5) is 38.1. The lowest BCUT2D eigenvalue weighted by atomic mass is 10.1. The van der Waals surface area contributed by atoms with E-state index >= 15 is 0 Å². The number of hydrogen-bond acceptors (Lipinski definition) is 6. The highest BCUT2D eigenvalue weighted by atomic mass is 16.6. The van der Waals surface area contributed by atoms with Crippen LogP contribution in [0.15, 0.2) is 36.5 Å². The van der Waals surface area contributed by atoms with Crippen molar-refractivity contribution in [1.29, 1.82) is 0 Å². The van der Waals surface area contributed by atoms with Gasteiger partial charge in [0.1, 0.15) is 13.2 Å². The normalized spacial score (nSPS) is 12.2. The number of carbonyl (C=O) groups excluding carboxylic acids is 3. The molecule has 0 radical (unpaired) electrons. The Bertz CT molecular complexity index is 1110. The van der Waals surface area contributed by atoms with Crippen LogP contribution in [0.25, 0.3) is 0 Å². The van der Waals surface area contributed by atoms with Crippen molar-refractivity contribution >= 4 is 17.9 Å². The van der Waals surface area contributed by atoms with Crippen molar-refractivity contribution in [2.75, 3.05) is 13.2 Å². The molecule has 1 unspecified atom stereocenters. The zero-order valence-electron chi connectivity index (χ0n) is 44.2. The molecule has 0 amide bonds. The lowest BCUT2D eigenvalue weighted by molar-refractivity contribution is -0.167. The summed E-state index contributed by atoms with van der Waals surface area (Å²) in [5.74, 6) is -0.878. The van der Waals surface area contributed by atoms with Crippen molar-refractivity contribution < 1.29 is 28.6 Å². The van der Waals surface area contributed by atoms with Crippen LogP contribution in [0.3, 0.4) is 0 Å². The van der Waals surface area contributed by atoms with Crippen molar-refractivity contribution in [3.63, 3.8) is 0 Å². The van der Waals surface area contributed by atoms with Gasteiger partial charge in [0.25, 0.3) is 0 Å². The molecule has 0 saturated carbocycles. The first-order valence-corrected chi connectivity index (χ1v) is 29.0. The zero-order valence-corrected chi connectivity index (χ0v) is 44.2. The Morgan fingerprint density at radius 2 is 0.500 bits per heavy atom. The molecule has 66 heavy (non-hydrogen) atoms. The third kappa shape index (κ3) is 52.6. The van der Waals surface area contributed by atoms with Crippen LogP contribution in [0, 0.1) is 0 Å². The Labute approximate surface area is 410 Å². The summed E-state index contributed by atoms with van der Waals surface area (Å²) in [7, 11) is 0. The number of ether oxygens (including phenoxy) is 3. The minimum atomic E-state index is -0.778. The molecular formula is C60H110O6. The summed E-state index contributed by atoms with van der Waals surface area (Å²) in [6.45, 7) is 6.64. The Kier molecular flexibility index (Phi) is 53.2. The number of carbonyl (C=O) groups is 3. The fourth-order valence-corrected chi connectivity index (χ4v) is 8.43. The molecule has 6 nitrogen and oxygen atoms in total. The van der Waals surface area contributed by atoms with Gasteiger partial charge in [-0.2, -0.15) is 0 Å². The van der Waals surface area contributed by atoms with E-state index in [0.29, 0.717) is 19.3 Å². The highest BCUT2D eigenvalue weighted by Gasteiger charge is 2.19. The second kappa shape index (κ2) is 55.2. The Morgan fingerprint density at radius 3 is 0.773 bits per heavy atom. The molecule has 0 spiro atoms. The van der Waals surface area contributed by atoms with Gasteiger partial charge in [-0.25, -0.2) is 0 Å². The van der Waals surface area contributed by atoms with Crippen molar-refractivity contribution in [3.8, 4) is 0 Å². The third-order valence-electron chi connectivity index (χ3n) is 12.8. The van der Waals surface area contributed by atoms with E-state index in [-0.39, 0.29) is 31.1 Å². The van der Waals surface area contributed by atoms with Gasteiger partial charge in [-0.1, -0.05) is 231 Å². The molecule has 0 aliphatic carbocycles. The average Bonchev–Trinajstić information content (AvgIpc) is 3.31. The van der Waals surface area contributed by atoms with E-state index in [1.807, 2.05) is 0 Å². The highest BCUT2D eigenvalue weighted by molar-refractivity contribution is 5.71. The van der Waals surface area contributed by atoms with Gasteiger partial charge >= 0.3 is 17.9 Å². The second-order valence-corrected chi connectivity index (χ2v) is 19.5. The summed E-state index contributed by atoms with van der Waals surface area (Å²) in [5.41, 5.74) is 0. The molecule has 0 bridgehead atoms. The molecule has 0 aromatic heterocycles. The van der Waals surface area contributed by atoms with E-state index in [1.54, 1.807) is 0 Å². The van der Waals surface area contributed by atoms with Crippen LogP contribution < -0.4 is 0 Å². The first-order valence-electron chi connectivity index (χ1n) is 29.0. The SMILES string of the molecule is CCCCCCC=CCCCCCCCCCC(=O)OCC(COC(=O)CCCCCCCCCC=CCCCCCCCCC)OC(=O)CCCCCCCC=CCCCCCCCC. The molecule has 0 fully saturated rings. The molecule has 0 aromatic carbocycles. The van der Waals surface area contributed by atoms with Gasteiger partial charge < -0.3 is 14.2 Å². The lowest BCUT2D eigenvalue weighted by Crippen LogP contribution is -2.30. The molecule has 0 heterocycles. The van der Waals surface area contributed by atoms with Gasteiger partial charge in [-0.15, -0.1) is 0 Å². The highest BCUT2D eigenvalue weighted by Crippen LogP contribution is 2.15. The fraction of sp³-hybridized carbons (Fsp3) is 0.850. The van der Waals surface area contributed by atoms with E-state index in [2.05, 4.69) is 57.2 Å². The Hall–Kier alpha value is -2.37. The van der Waals surface area contributed by atoms with E-state index in [1.165, 1.54) is 205 Å². The van der Waals surface area contributed by atoms with Gasteiger partial charge in [-0.05, 0) is 96.3 Å². The number of allylic oxidation sites excluding steroid dienone is 6. The minimum absolute atomic E-state index is 0.0769. The van der Waals surface area contributed by atoms with Crippen molar-refractivity contribution in [2.45, 2.75) is 316 Å². The smallest absolute Gasteiger partial charge is 0.306 e. The van der Waals surface area contributed by atoms with Gasteiger partial charge in [0.15, 0.2) is 6.10 Å². The Balaban J connectivity index is 4.36. The monoisotopic (exact) mass is 927 g/mol. The molecular weight excluding hydrogens is 817 g/mol. The average molecular weight is 928 g/mol. The molecule has 386 valence electrons. The Morgan fingerprint density at radius 1 is 0.288 bits per heavy atom. The maximum atomic E-state index is 12.8. The molecule has 0 rings (SSSR count). The van der Waals surface area contributed by atoms with E-state index in [9.17, 15) is 14.4 Å². The zero-order chi connectivity index (χ0) is 47.9. The van der Waals surface area contributed by atoms with Crippen molar-refractivity contribution in [1.82, 2.24) is 0 Å². The van der Waals surface area contributed by atoms with Crippen LogP contribution in [-0.4, -0.2) is 37.2 Å². The standard InChI is InChI=1S/C60H110O6/c1-4-7-10-13-16-19-22-25-28-29-30-33-35-38-41-44-47-50-53-59(62)65-56-57(66-60(63)54-51-48-45-42-39-36-32-27-24-21-18-15-12-9-6-3)55-64-58(61)52-49-46-43-40-37-34-31-26-23-20-17-14-11-8-5-2/h20,23,27-29,32,57H,4-19,21-22,24-26,30-31,33-56H2,1-3H3. The predicted octanol–water partition coefficient (Wildman–Crippen LogP) is 19.3. The van der Waals surface area contributed by atoms with Gasteiger partial charge in [0.05, 0.1) is 0 Å². The minimum Gasteiger partial charge on any atom is -0.462 e. The molecule has 6 heteroatoms. The molecule has 1 atom stereocenters. The number of unbranched alkanes of at least 4 members (excludes halogenated alkanes) is 36. The summed E-state index contributed by atoms with van der Waals surface area (Å²) < 4.78 is 16.9. The second-order valence-electron chi connectivity index (χ2n) is 19.5. The number of rotatable bonds is 53. The van der Waals surface area contributed by atoms with Gasteiger partial charge in [-0.3, -0.25) is 14.4 Å². The maximum absolute atomic E-state index is 12.8. The van der Waals surface area contributed by atoms with Crippen molar-refractivity contribution in [2.24, 2.45) is 0 Å². The van der Waals surface area contributed by atoms with Crippen molar-refractivity contribution in [3.05, 3.63) is 36.5 Å². The summed E-state index contributed by atoms with van der Waals surface area (Å²) in [5, 5.41) is 0. The van der Waals surface area contributed by atoms with Crippen LogP contribution >= 0.6 is 0 Å². The maximum Gasteiger partial charge on any atom is 0.306 e. The summed E-state index contributed by atoms with van der Waals surface area (Å²) in [6, 6.07) is 0. The molecule has 0 aromatic rings. The van der Waals surface area contributed by atoms with Crippen LogP contribution in [0.4, 0.5) is 0 Å². The number of esters is 3. The topological polar surface area (TPSA) is 78.9 Å². The quantitative estimate of drug-likeness (QED) is 0.0262. The largest absolute Gasteiger partial charge is 0.462 e. The lowest BCUT2D eigenvalue weighted by Gasteiger charge is -2.18.